The first-order valence-electron chi connectivity index (χ1n) is 11.6. The van der Waals surface area contributed by atoms with Crippen molar-refractivity contribution >= 4 is 46.6 Å². The van der Waals surface area contributed by atoms with Crippen LogP contribution in [0.25, 0.3) is 5.69 Å². The van der Waals surface area contributed by atoms with Crippen LogP contribution in [0.4, 0.5) is 5.69 Å². The van der Waals surface area contributed by atoms with Crippen molar-refractivity contribution in [1.29, 1.82) is 0 Å². The summed E-state index contributed by atoms with van der Waals surface area (Å²) in [6.45, 7) is 2.15. The molecule has 38 heavy (non-hydrogen) atoms. The fourth-order valence-electron chi connectivity index (χ4n) is 3.45. The largest absolute Gasteiger partial charge is 0.495 e. The zero-order valence-corrected chi connectivity index (χ0v) is 22.3. The average molecular weight is 552 g/mol. The highest BCUT2D eigenvalue weighted by atomic mass is 32.2. The number of esters is 1. The Bertz CT molecular complexity index is 1400. The molecule has 4 rings (SSSR count). The third-order valence-electron chi connectivity index (χ3n) is 5.19. The van der Waals surface area contributed by atoms with Gasteiger partial charge in [-0.1, -0.05) is 30.0 Å². The van der Waals surface area contributed by atoms with Gasteiger partial charge in [-0.05, 0) is 54.8 Å². The van der Waals surface area contributed by atoms with E-state index < -0.39 is 5.97 Å². The van der Waals surface area contributed by atoms with Crippen LogP contribution in [0.5, 0.6) is 5.75 Å². The van der Waals surface area contributed by atoms with Crippen LogP contribution in [0, 0.1) is 0 Å². The molecule has 2 N–H and O–H groups in total. The van der Waals surface area contributed by atoms with E-state index in [-0.39, 0.29) is 30.7 Å². The lowest BCUT2D eigenvalue weighted by molar-refractivity contribution is -0.113. The third-order valence-corrected chi connectivity index (χ3v) is 6.99. The van der Waals surface area contributed by atoms with Crippen molar-refractivity contribution in [3.05, 3.63) is 82.3 Å². The number of methoxy groups -OCH3 is 1. The third kappa shape index (κ3) is 6.58. The Morgan fingerprint density at radius 3 is 2.53 bits per heavy atom. The van der Waals surface area contributed by atoms with Crippen LogP contribution in [0.2, 0.25) is 0 Å². The number of ether oxygens (including phenoxy) is 2. The Kier molecular flexibility index (Phi) is 9.11. The molecule has 0 bridgehead atoms. The number of aromatic nitrogens is 3. The highest BCUT2D eigenvalue weighted by Crippen LogP contribution is 2.29. The number of thioether (sulfide) groups is 1. The number of anilines is 1. The monoisotopic (exact) mass is 551 g/mol. The van der Waals surface area contributed by atoms with Crippen molar-refractivity contribution in [2.45, 2.75) is 18.6 Å². The van der Waals surface area contributed by atoms with Crippen molar-refractivity contribution < 1.29 is 23.9 Å². The lowest BCUT2D eigenvalue weighted by Gasteiger charge is -2.14. The van der Waals surface area contributed by atoms with Gasteiger partial charge >= 0.3 is 5.97 Å². The molecule has 0 spiro atoms. The number of amides is 2. The van der Waals surface area contributed by atoms with E-state index >= 15 is 0 Å². The molecule has 10 nitrogen and oxygen atoms in total. The zero-order valence-electron chi connectivity index (χ0n) is 20.7. The molecule has 4 aromatic rings. The van der Waals surface area contributed by atoms with Gasteiger partial charge in [-0.3, -0.25) is 14.2 Å². The van der Waals surface area contributed by atoms with Crippen LogP contribution >= 0.6 is 23.1 Å². The molecule has 0 saturated heterocycles. The van der Waals surface area contributed by atoms with E-state index in [4.69, 9.17) is 9.47 Å². The summed E-state index contributed by atoms with van der Waals surface area (Å²) in [5.41, 5.74) is 1.63. The number of hydrogen-bond donors (Lipinski definition) is 2. The number of nitrogens with zero attached hydrogens (tertiary/aromatic N) is 3. The normalized spacial score (nSPS) is 10.6. The number of nitrogens with one attached hydrogen (secondary N) is 2. The van der Waals surface area contributed by atoms with E-state index in [0.717, 1.165) is 0 Å². The number of carbonyl (C=O) groups is 3. The molecular weight excluding hydrogens is 526 g/mol. The molecule has 0 aliphatic carbocycles. The number of para-hydroxylation sites is 2. The highest BCUT2D eigenvalue weighted by Gasteiger charge is 2.19. The molecule has 0 fully saturated rings. The summed E-state index contributed by atoms with van der Waals surface area (Å²) < 4.78 is 12.3. The van der Waals surface area contributed by atoms with Crippen LogP contribution in [0.15, 0.2) is 71.2 Å². The van der Waals surface area contributed by atoms with Crippen LogP contribution < -0.4 is 15.4 Å². The van der Waals surface area contributed by atoms with E-state index in [9.17, 15) is 14.4 Å². The van der Waals surface area contributed by atoms with Gasteiger partial charge in [0.1, 0.15) is 5.75 Å². The van der Waals surface area contributed by atoms with Gasteiger partial charge in [0.05, 0.1) is 42.1 Å². The fourth-order valence-corrected chi connectivity index (χ4v) is 4.85. The molecule has 0 unspecified atom stereocenters. The minimum absolute atomic E-state index is 0.0501. The van der Waals surface area contributed by atoms with Crippen molar-refractivity contribution in [2.24, 2.45) is 0 Å². The second kappa shape index (κ2) is 12.9. The van der Waals surface area contributed by atoms with Crippen molar-refractivity contribution in [3.8, 4) is 11.4 Å². The SMILES string of the molecule is CCOC(=O)c1ccc(NC(=O)CSc2nnc(CNC(=O)c3cccs3)n2-c2ccccc2OC)cc1. The Balaban J connectivity index is 1.47. The predicted molar refractivity (Wildman–Crippen MR) is 145 cm³/mol. The first-order chi connectivity index (χ1) is 18.5. The Labute approximate surface area is 227 Å². The van der Waals surface area contributed by atoms with Crippen LogP contribution in [0.1, 0.15) is 32.8 Å². The molecule has 196 valence electrons. The standard InChI is InChI=1S/C26H25N5O5S2/c1-3-36-25(34)17-10-12-18(13-11-17)28-23(32)16-38-26-30-29-22(15-27-24(33)21-9-6-14-37-21)31(26)19-7-4-5-8-20(19)35-2/h4-14H,3,15-16H2,1-2H3,(H,27,33)(H,28,32). The molecule has 0 atom stereocenters. The summed E-state index contributed by atoms with van der Waals surface area (Å²) >= 11 is 2.54. The summed E-state index contributed by atoms with van der Waals surface area (Å²) in [7, 11) is 1.56. The number of carbonyl (C=O) groups excluding carboxylic acids is 3. The van der Waals surface area contributed by atoms with E-state index in [2.05, 4.69) is 20.8 Å². The quantitative estimate of drug-likeness (QED) is 0.210. The summed E-state index contributed by atoms with van der Waals surface area (Å²) in [4.78, 5) is 37.5. The van der Waals surface area contributed by atoms with Gasteiger partial charge in [0.15, 0.2) is 11.0 Å². The molecule has 0 aliphatic rings. The Hall–Kier alpha value is -4.16. The summed E-state index contributed by atoms with van der Waals surface area (Å²) in [5, 5.41) is 16.5. The van der Waals surface area contributed by atoms with Gasteiger partial charge in [-0.25, -0.2) is 4.79 Å². The van der Waals surface area contributed by atoms with Crippen LogP contribution in [-0.2, 0) is 16.1 Å². The van der Waals surface area contributed by atoms with E-state index in [1.54, 1.807) is 48.9 Å². The number of rotatable bonds is 11. The topological polar surface area (TPSA) is 124 Å². The second-order valence-corrected chi connectivity index (χ2v) is 9.59. The lowest BCUT2D eigenvalue weighted by Crippen LogP contribution is -2.24. The van der Waals surface area contributed by atoms with Crippen molar-refractivity contribution in [2.75, 3.05) is 24.8 Å². The number of thiophene rings is 1. The van der Waals surface area contributed by atoms with Gasteiger partial charge in [-0.2, -0.15) is 0 Å². The molecule has 2 heterocycles. The summed E-state index contributed by atoms with van der Waals surface area (Å²) in [5.74, 6) is 0.231. The van der Waals surface area contributed by atoms with Crippen LogP contribution in [0.3, 0.4) is 0 Å². The highest BCUT2D eigenvalue weighted by molar-refractivity contribution is 7.99. The predicted octanol–water partition coefficient (Wildman–Crippen LogP) is 4.17. The molecule has 2 amide bonds. The minimum atomic E-state index is -0.418. The number of benzene rings is 2. The molecule has 12 heteroatoms. The van der Waals surface area contributed by atoms with Gasteiger partial charge in [0.2, 0.25) is 5.91 Å². The van der Waals surface area contributed by atoms with Gasteiger partial charge in [0, 0.05) is 5.69 Å². The first kappa shape index (κ1) is 26.9. The first-order valence-corrected chi connectivity index (χ1v) is 13.5. The Morgan fingerprint density at radius 1 is 1.03 bits per heavy atom. The van der Waals surface area contributed by atoms with E-state index in [1.165, 1.54) is 23.1 Å². The van der Waals surface area contributed by atoms with Gasteiger partial charge in [-0.15, -0.1) is 21.5 Å². The Morgan fingerprint density at radius 2 is 1.82 bits per heavy atom. The molecular formula is C26H25N5O5S2. The van der Waals surface area contributed by atoms with Crippen LogP contribution in [-0.4, -0.2) is 52.0 Å². The molecule has 0 saturated carbocycles. The van der Waals surface area contributed by atoms with E-state index in [1.807, 2.05) is 35.7 Å². The lowest BCUT2D eigenvalue weighted by atomic mass is 10.2. The zero-order chi connectivity index (χ0) is 26.9. The fraction of sp³-hybridized carbons (Fsp3) is 0.192. The molecule has 2 aromatic carbocycles. The maximum absolute atomic E-state index is 12.7. The van der Waals surface area contributed by atoms with E-state index in [0.29, 0.717) is 38.5 Å². The maximum atomic E-state index is 12.7. The minimum Gasteiger partial charge on any atom is -0.495 e. The van der Waals surface area contributed by atoms with Crippen molar-refractivity contribution in [3.63, 3.8) is 0 Å². The number of hydrogen-bond acceptors (Lipinski definition) is 9. The van der Waals surface area contributed by atoms with Crippen molar-refractivity contribution in [1.82, 2.24) is 20.1 Å². The summed E-state index contributed by atoms with van der Waals surface area (Å²) in [6, 6.07) is 17.4. The second-order valence-electron chi connectivity index (χ2n) is 7.70. The molecule has 2 aromatic heterocycles. The average Bonchev–Trinajstić information content (AvgIpc) is 3.61. The molecule has 0 aliphatic heterocycles. The van der Waals surface area contributed by atoms with Gasteiger partial charge < -0.3 is 20.1 Å². The smallest absolute Gasteiger partial charge is 0.338 e. The maximum Gasteiger partial charge on any atom is 0.338 e. The molecule has 0 radical (unpaired) electrons. The van der Waals surface area contributed by atoms with Gasteiger partial charge in [0.25, 0.3) is 5.91 Å². The summed E-state index contributed by atoms with van der Waals surface area (Å²) in [6.07, 6.45) is 0.